The van der Waals surface area contributed by atoms with Gasteiger partial charge in [0.25, 0.3) is 0 Å². The first kappa shape index (κ1) is 26.6. The number of piperazine rings is 1. The summed E-state index contributed by atoms with van der Waals surface area (Å²) in [6.45, 7) is 2.82. The highest BCUT2D eigenvalue weighted by molar-refractivity contribution is 5.98. The van der Waals surface area contributed by atoms with Gasteiger partial charge in [0, 0.05) is 60.3 Å². The number of benzene rings is 3. The number of fused-ring (bicyclic) bond motifs is 4. The van der Waals surface area contributed by atoms with Crippen LogP contribution < -0.4 is 9.47 Å². The number of H-pyrrole nitrogens is 1. The molecule has 1 N–H and O–H groups in total. The van der Waals surface area contributed by atoms with Gasteiger partial charge in [0.1, 0.15) is 30.1 Å². The fourth-order valence-corrected chi connectivity index (χ4v) is 7.20. The maximum Gasteiger partial charge on any atom is 0.246 e. The van der Waals surface area contributed by atoms with Gasteiger partial charge in [0.15, 0.2) is 0 Å². The van der Waals surface area contributed by atoms with Crippen LogP contribution in [0.1, 0.15) is 41.3 Å². The van der Waals surface area contributed by atoms with Gasteiger partial charge in [-0.3, -0.25) is 14.5 Å². The van der Waals surface area contributed by atoms with Crippen LogP contribution in [0.4, 0.5) is 0 Å². The predicted molar refractivity (Wildman–Crippen MR) is 160 cm³/mol. The van der Waals surface area contributed by atoms with Crippen molar-refractivity contribution < 1.29 is 19.1 Å². The van der Waals surface area contributed by atoms with Crippen LogP contribution in [0, 0.1) is 0 Å². The van der Waals surface area contributed by atoms with Crippen molar-refractivity contribution in [3.8, 4) is 11.5 Å². The molecule has 0 radical (unpaired) electrons. The Hall–Kier alpha value is -4.30. The summed E-state index contributed by atoms with van der Waals surface area (Å²) < 4.78 is 11.3. The zero-order valence-electron chi connectivity index (χ0n) is 24.1. The summed E-state index contributed by atoms with van der Waals surface area (Å²) in [4.78, 5) is 38.2. The van der Waals surface area contributed by atoms with E-state index in [0.717, 1.165) is 60.2 Å². The molecule has 8 nitrogen and oxygen atoms in total. The van der Waals surface area contributed by atoms with E-state index in [2.05, 4.69) is 40.2 Å². The summed E-state index contributed by atoms with van der Waals surface area (Å²) in [6.07, 6.45) is 2.22. The van der Waals surface area contributed by atoms with Crippen molar-refractivity contribution in [2.75, 3.05) is 33.9 Å². The van der Waals surface area contributed by atoms with E-state index in [1.807, 2.05) is 52.3 Å². The summed E-state index contributed by atoms with van der Waals surface area (Å²) >= 11 is 0. The first-order valence-corrected chi connectivity index (χ1v) is 14.7. The van der Waals surface area contributed by atoms with E-state index in [1.54, 1.807) is 14.2 Å². The number of likely N-dealkylation sites (tertiary alicyclic amines) is 1. The smallest absolute Gasteiger partial charge is 0.246 e. The molecule has 216 valence electrons. The Kier molecular flexibility index (Phi) is 6.86. The molecule has 7 rings (SSSR count). The fraction of sp³-hybridized carbons (Fsp3) is 0.353. The van der Waals surface area contributed by atoms with Gasteiger partial charge in [-0.2, -0.15) is 0 Å². The Bertz CT molecular complexity index is 1630. The van der Waals surface area contributed by atoms with Crippen molar-refractivity contribution in [3.63, 3.8) is 0 Å². The number of nitrogens with one attached hydrogen (secondary N) is 1. The number of amides is 2. The lowest BCUT2D eigenvalue weighted by Crippen LogP contribution is -2.65. The molecule has 4 aromatic rings. The topological polar surface area (TPSA) is 78.1 Å². The number of aromatic nitrogens is 1. The third-order valence-electron chi connectivity index (χ3n) is 9.28. The standard InChI is InChI=1S/C34H36N4O4/c1-41-24-12-13-26(30(18-24)42-2)33-32-27(25-10-6-7-11-28(25)35-32)19-29-34(40)37(21-31(39)38(29)33)23-14-16-36(17-15-23)20-22-8-4-3-5-9-22/h3-13,18,23,29,33,35H,14-17,19-21H2,1-2H3/t29-,33-/m1/s1. The minimum atomic E-state index is -0.572. The van der Waals surface area contributed by atoms with Crippen molar-refractivity contribution in [2.45, 2.75) is 43.9 Å². The number of nitrogens with zero attached hydrogens (tertiary/aromatic N) is 3. The van der Waals surface area contributed by atoms with Crippen molar-refractivity contribution in [2.24, 2.45) is 0 Å². The van der Waals surface area contributed by atoms with E-state index < -0.39 is 12.1 Å². The molecule has 0 unspecified atom stereocenters. The predicted octanol–water partition coefficient (Wildman–Crippen LogP) is 4.53. The molecule has 4 heterocycles. The van der Waals surface area contributed by atoms with Gasteiger partial charge in [-0.1, -0.05) is 48.5 Å². The number of rotatable bonds is 6. The second-order valence-corrected chi connectivity index (χ2v) is 11.6. The maximum atomic E-state index is 14.3. The monoisotopic (exact) mass is 564 g/mol. The zero-order valence-corrected chi connectivity index (χ0v) is 24.1. The number of carbonyl (C=O) groups excluding carboxylic acids is 2. The van der Waals surface area contributed by atoms with E-state index in [9.17, 15) is 9.59 Å². The number of piperidine rings is 1. The van der Waals surface area contributed by atoms with E-state index in [4.69, 9.17) is 9.47 Å². The zero-order chi connectivity index (χ0) is 28.8. The van der Waals surface area contributed by atoms with Crippen molar-refractivity contribution >= 4 is 22.7 Å². The van der Waals surface area contributed by atoms with Crippen LogP contribution >= 0.6 is 0 Å². The van der Waals surface area contributed by atoms with Gasteiger partial charge in [-0.05, 0) is 42.2 Å². The van der Waals surface area contributed by atoms with Crippen molar-refractivity contribution in [1.29, 1.82) is 0 Å². The summed E-state index contributed by atoms with van der Waals surface area (Å²) in [5.41, 5.74) is 5.17. The van der Waals surface area contributed by atoms with Crippen LogP contribution in [0.3, 0.4) is 0 Å². The van der Waals surface area contributed by atoms with Crippen LogP contribution in [0.15, 0.2) is 72.8 Å². The molecule has 2 saturated heterocycles. The van der Waals surface area contributed by atoms with Crippen molar-refractivity contribution in [1.82, 2.24) is 19.7 Å². The highest BCUT2D eigenvalue weighted by Crippen LogP contribution is 2.46. The second-order valence-electron chi connectivity index (χ2n) is 11.6. The van der Waals surface area contributed by atoms with Gasteiger partial charge in [0.2, 0.25) is 11.8 Å². The third-order valence-corrected chi connectivity index (χ3v) is 9.28. The van der Waals surface area contributed by atoms with Gasteiger partial charge in [-0.25, -0.2) is 0 Å². The fourth-order valence-electron chi connectivity index (χ4n) is 7.20. The van der Waals surface area contributed by atoms with Gasteiger partial charge in [0.05, 0.1) is 14.2 Å². The maximum absolute atomic E-state index is 14.3. The van der Waals surface area contributed by atoms with Crippen LogP contribution in [-0.4, -0.2) is 77.4 Å². The molecule has 42 heavy (non-hydrogen) atoms. The third kappa shape index (κ3) is 4.50. The Morgan fingerprint density at radius 3 is 2.43 bits per heavy atom. The number of para-hydroxylation sites is 1. The summed E-state index contributed by atoms with van der Waals surface area (Å²) in [7, 11) is 3.24. The molecule has 8 heteroatoms. The Morgan fingerprint density at radius 2 is 1.67 bits per heavy atom. The minimum absolute atomic E-state index is 0.0292. The Balaban J connectivity index is 1.21. The molecular weight excluding hydrogens is 528 g/mol. The lowest BCUT2D eigenvalue weighted by molar-refractivity contribution is -0.161. The summed E-state index contributed by atoms with van der Waals surface area (Å²) in [5, 5.41) is 1.09. The molecule has 2 fully saturated rings. The molecule has 2 atom stereocenters. The van der Waals surface area contributed by atoms with Gasteiger partial charge in [-0.15, -0.1) is 0 Å². The highest BCUT2D eigenvalue weighted by atomic mass is 16.5. The molecule has 0 spiro atoms. The van der Waals surface area contributed by atoms with Crippen molar-refractivity contribution in [3.05, 3.63) is 95.2 Å². The van der Waals surface area contributed by atoms with Gasteiger partial charge >= 0.3 is 0 Å². The van der Waals surface area contributed by atoms with E-state index in [-0.39, 0.29) is 24.4 Å². The van der Waals surface area contributed by atoms with Gasteiger partial charge < -0.3 is 24.3 Å². The average Bonchev–Trinajstić information content (AvgIpc) is 3.41. The minimum Gasteiger partial charge on any atom is -0.497 e. The SMILES string of the molecule is COc1ccc([C@@H]2c3[nH]c4ccccc4c3C[C@@H]3C(=O)N(C4CCN(Cc5ccccc5)CC4)CC(=O)N23)c(OC)c1. The molecule has 3 aliphatic rings. The Labute approximate surface area is 245 Å². The normalized spacial score (nSPS) is 21.4. The molecule has 0 aliphatic carbocycles. The van der Waals surface area contributed by atoms with Crippen LogP contribution in [0.2, 0.25) is 0 Å². The molecule has 2 amide bonds. The summed E-state index contributed by atoms with van der Waals surface area (Å²) in [6, 6.07) is 23.4. The first-order chi connectivity index (χ1) is 20.6. The first-order valence-electron chi connectivity index (χ1n) is 14.7. The number of hydrogen-bond donors (Lipinski definition) is 1. The lowest BCUT2D eigenvalue weighted by Gasteiger charge is -2.49. The molecule has 3 aromatic carbocycles. The van der Waals surface area contributed by atoms with Crippen LogP contribution in [0.5, 0.6) is 11.5 Å². The molecule has 0 saturated carbocycles. The molecule has 1 aromatic heterocycles. The number of ether oxygens (including phenoxy) is 2. The summed E-state index contributed by atoms with van der Waals surface area (Å²) in [5.74, 6) is 1.31. The number of aromatic amines is 1. The van der Waals surface area contributed by atoms with E-state index in [1.165, 1.54) is 5.56 Å². The Morgan fingerprint density at radius 1 is 0.905 bits per heavy atom. The van der Waals surface area contributed by atoms with Crippen LogP contribution in [0.25, 0.3) is 10.9 Å². The van der Waals surface area contributed by atoms with E-state index >= 15 is 0 Å². The number of carbonyl (C=O) groups is 2. The second kappa shape index (κ2) is 10.8. The molecular formula is C34H36N4O4. The van der Waals surface area contributed by atoms with E-state index in [0.29, 0.717) is 17.9 Å². The lowest BCUT2D eigenvalue weighted by atomic mass is 9.85. The van der Waals surface area contributed by atoms with Crippen LogP contribution in [-0.2, 0) is 22.6 Å². The number of hydrogen-bond acceptors (Lipinski definition) is 5. The average molecular weight is 565 g/mol. The highest BCUT2D eigenvalue weighted by Gasteiger charge is 2.50. The quantitative estimate of drug-likeness (QED) is 0.372. The molecule has 0 bridgehead atoms. The molecule has 3 aliphatic heterocycles. The largest absolute Gasteiger partial charge is 0.497 e. The number of methoxy groups -OCH3 is 2.